The highest BCUT2D eigenvalue weighted by Crippen LogP contribution is 2.28. The van der Waals surface area contributed by atoms with E-state index in [2.05, 4.69) is 34.2 Å². The van der Waals surface area contributed by atoms with Gasteiger partial charge in [0, 0.05) is 50.7 Å². The van der Waals surface area contributed by atoms with Gasteiger partial charge in [-0.05, 0) is 42.2 Å². The van der Waals surface area contributed by atoms with Crippen LogP contribution >= 0.6 is 0 Å². The van der Waals surface area contributed by atoms with E-state index in [1.54, 1.807) is 18.0 Å². The quantitative estimate of drug-likeness (QED) is 0.662. The van der Waals surface area contributed by atoms with Crippen LogP contribution in [0, 0.1) is 0 Å². The Bertz CT molecular complexity index is 1080. The fourth-order valence-corrected chi connectivity index (χ4v) is 4.56. The lowest BCUT2D eigenvalue weighted by atomic mass is 9.99. The molecule has 7 heteroatoms. The SMILES string of the molecule is CN=C(C)C(=CN)c1ccc2c(c1)OCCN(CC(O)CN1CCc3ccccc3C1)C2=O. The maximum absolute atomic E-state index is 13.2. The van der Waals surface area contributed by atoms with E-state index in [1.165, 1.54) is 17.3 Å². The zero-order chi connectivity index (χ0) is 23.4. The van der Waals surface area contributed by atoms with Gasteiger partial charge in [-0.1, -0.05) is 30.3 Å². The molecule has 2 aliphatic heterocycles. The van der Waals surface area contributed by atoms with Crippen molar-refractivity contribution in [3.8, 4) is 5.75 Å². The number of hydrogen-bond acceptors (Lipinski definition) is 6. The smallest absolute Gasteiger partial charge is 0.257 e. The topological polar surface area (TPSA) is 91.4 Å². The number of aliphatic imine (C=N–C) groups is 1. The summed E-state index contributed by atoms with van der Waals surface area (Å²) in [5, 5.41) is 10.8. The highest BCUT2D eigenvalue weighted by atomic mass is 16.5. The van der Waals surface area contributed by atoms with Crippen molar-refractivity contribution in [1.29, 1.82) is 0 Å². The van der Waals surface area contributed by atoms with Crippen LogP contribution < -0.4 is 10.5 Å². The molecule has 0 saturated heterocycles. The highest BCUT2D eigenvalue weighted by molar-refractivity contribution is 6.22. The molecule has 2 aliphatic rings. The maximum Gasteiger partial charge on any atom is 0.257 e. The number of carbonyl (C=O) groups excluding carboxylic acids is 1. The summed E-state index contributed by atoms with van der Waals surface area (Å²) < 4.78 is 5.91. The van der Waals surface area contributed by atoms with Crippen LogP contribution in [0.2, 0.25) is 0 Å². The first-order valence-electron chi connectivity index (χ1n) is 11.4. The molecule has 2 aromatic carbocycles. The van der Waals surface area contributed by atoms with Gasteiger partial charge in [0.05, 0.1) is 18.2 Å². The van der Waals surface area contributed by atoms with Gasteiger partial charge in [-0.3, -0.25) is 14.7 Å². The second-order valence-corrected chi connectivity index (χ2v) is 8.61. The minimum atomic E-state index is -0.629. The van der Waals surface area contributed by atoms with Crippen molar-refractivity contribution in [1.82, 2.24) is 9.80 Å². The Balaban J connectivity index is 1.43. The molecule has 0 aliphatic carbocycles. The van der Waals surface area contributed by atoms with Gasteiger partial charge >= 0.3 is 0 Å². The summed E-state index contributed by atoms with van der Waals surface area (Å²) in [7, 11) is 1.72. The van der Waals surface area contributed by atoms with E-state index in [9.17, 15) is 9.90 Å². The molecule has 1 atom stereocenters. The van der Waals surface area contributed by atoms with E-state index in [4.69, 9.17) is 10.5 Å². The van der Waals surface area contributed by atoms with Crippen molar-refractivity contribution in [2.45, 2.75) is 26.0 Å². The molecule has 0 fully saturated rings. The summed E-state index contributed by atoms with van der Waals surface area (Å²) in [4.78, 5) is 21.4. The van der Waals surface area contributed by atoms with Gasteiger partial charge in [0.15, 0.2) is 0 Å². The van der Waals surface area contributed by atoms with Gasteiger partial charge in [0.2, 0.25) is 0 Å². The molecule has 0 bridgehead atoms. The number of allylic oxidation sites excluding steroid dienone is 1. The van der Waals surface area contributed by atoms with Crippen molar-refractivity contribution in [2.75, 3.05) is 39.8 Å². The Morgan fingerprint density at radius 2 is 2.00 bits per heavy atom. The van der Waals surface area contributed by atoms with E-state index >= 15 is 0 Å². The Morgan fingerprint density at radius 3 is 2.76 bits per heavy atom. The monoisotopic (exact) mass is 448 g/mol. The molecule has 7 nitrogen and oxygen atoms in total. The predicted octanol–water partition coefficient (Wildman–Crippen LogP) is 2.33. The lowest BCUT2D eigenvalue weighted by Gasteiger charge is -2.32. The lowest BCUT2D eigenvalue weighted by molar-refractivity contribution is 0.0501. The fourth-order valence-electron chi connectivity index (χ4n) is 4.56. The first kappa shape index (κ1) is 23.0. The van der Waals surface area contributed by atoms with E-state index in [0.29, 0.717) is 31.0 Å². The van der Waals surface area contributed by atoms with Crippen LogP contribution in [0.25, 0.3) is 5.57 Å². The van der Waals surface area contributed by atoms with Gasteiger partial charge in [-0.25, -0.2) is 0 Å². The number of amides is 1. The molecule has 1 unspecified atom stereocenters. The van der Waals surface area contributed by atoms with Crippen LogP contribution in [-0.4, -0.2) is 72.5 Å². The highest BCUT2D eigenvalue weighted by Gasteiger charge is 2.27. The predicted molar refractivity (Wildman–Crippen MR) is 130 cm³/mol. The molecule has 33 heavy (non-hydrogen) atoms. The Kier molecular flexibility index (Phi) is 7.11. The maximum atomic E-state index is 13.2. The number of hydrogen-bond donors (Lipinski definition) is 2. The molecule has 0 spiro atoms. The first-order chi connectivity index (χ1) is 16.0. The first-order valence-corrected chi connectivity index (χ1v) is 11.4. The standard InChI is InChI=1S/C26H32N4O3/c1-18(28-2)24(14-27)20-7-8-23-25(13-20)33-12-11-30(26(23)32)17-22(31)16-29-10-9-19-5-3-4-6-21(19)15-29/h3-8,13-14,22,31H,9-12,15-17,27H2,1-2H3. The average molecular weight is 449 g/mol. The molecule has 3 N–H and O–H groups in total. The summed E-state index contributed by atoms with van der Waals surface area (Å²) in [6.07, 6.45) is 1.87. The van der Waals surface area contributed by atoms with E-state index < -0.39 is 6.10 Å². The Morgan fingerprint density at radius 1 is 1.21 bits per heavy atom. The Labute approximate surface area is 195 Å². The van der Waals surface area contributed by atoms with Gasteiger partial charge in [0.25, 0.3) is 5.91 Å². The number of fused-ring (bicyclic) bond motifs is 2. The minimum absolute atomic E-state index is 0.128. The number of aliphatic hydroxyl groups is 1. The third-order valence-electron chi connectivity index (χ3n) is 6.43. The summed E-state index contributed by atoms with van der Waals surface area (Å²) in [6.45, 7) is 5.23. The van der Waals surface area contributed by atoms with Crippen LogP contribution in [0.15, 0.2) is 53.7 Å². The van der Waals surface area contributed by atoms with Gasteiger partial charge < -0.3 is 20.5 Å². The van der Waals surface area contributed by atoms with Gasteiger partial charge in [-0.2, -0.15) is 0 Å². The molecule has 2 heterocycles. The second kappa shape index (κ2) is 10.2. The van der Waals surface area contributed by atoms with Crippen LogP contribution in [-0.2, 0) is 13.0 Å². The molecule has 0 aromatic heterocycles. The van der Waals surface area contributed by atoms with Crippen LogP contribution in [0.4, 0.5) is 0 Å². The minimum Gasteiger partial charge on any atom is -0.491 e. The van der Waals surface area contributed by atoms with Crippen LogP contribution in [0.3, 0.4) is 0 Å². The molecule has 4 rings (SSSR count). The zero-order valence-electron chi connectivity index (χ0n) is 19.3. The largest absolute Gasteiger partial charge is 0.491 e. The normalized spacial score (nSPS) is 18.3. The lowest BCUT2D eigenvalue weighted by Crippen LogP contribution is -2.44. The van der Waals surface area contributed by atoms with Crippen molar-refractivity contribution < 1.29 is 14.6 Å². The number of nitrogens with zero attached hydrogens (tertiary/aromatic N) is 3. The summed E-state index contributed by atoms with van der Waals surface area (Å²) in [5.74, 6) is 0.404. The summed E-state index contributed by atoms with van der Waals surface area (Å²) in [5.41, 5.74) is 11.5. The number of ether oxygens (including phenoxy) is 1. The third kappa shape index (κ3) is 5.10. The molecule has 174 valence electrons. The van der Waals surface area contributed by atoms with E-state index in [-0.39, 0.29) is 12.5 Å². The van der Waals surface area contributed by atoms with Crippen molar-refractivity contribution >= 4 is 17.2 Å². The number of benzene rings is 2. The van der Waals surface area contributed by atoms with E-state index in [0.717, 1.165) is 36.4 Å². The third-order valence-corrected chi connectivity index (χ3v) is 6.43. The average Bonchev–Trinajstić information content (AvgIpc) is 2.97. The van der Waals surface area contributed by atoms with Gasteiger partial charge in [0.1, 0.15) is 12.4 Å². The van der Waals surface area contributed by atoms with Crippen LogP contribution in [0.1, 0.15) is 34.0 Å². The molecular weight excluding hydrogens is 416 g/mol. The molecule has 1 amide bonds. The zero-order valence-corrected chi connectivity index (χ0v) is 19.3. The molecule has 0 radical (unpaired) electrons. The number of carbonyl (C=O) groups is 1. The number of aliphatic hydroxyl groups excluding tert-OH is 1. The number of β-amino-alcohol motifs (C(OH)–C–C–N with tert-alkyl or cyclic N) is 1. The molecule has 0 saturated carbocycles. The van der Waals surface area contributed by atoms with Crippen molar-refractivity contribution in [3.05, 3.63) is 70.9 Å². The van der Waals surface area contributed by atoms with Crippen LogP contribution in [0.5, 0.6) is 5.75 Å². The molecule has 2 aromatic rings. The summed E-state index contributed by atoms with van der Waals surface area (Å²) >= 11 is 0. The second-order valence-electron chi connectivity index (χ2n) is 8.61. The number of rotatable bonds is 6. The van der Waals surface area contributed by atoms with Crippen molar-refractivity contribution in [3.63, 3.8) is 0 Å². The van der Waals surface area contributed by atoms with Crippen molar-refractivity contribution in [2.24, 2.45) is 10.7 Å². The Hall–Kier alpha value is -3.16. The fraction of sp³-hybridized carbons (Fsp3) is 0.385. The van der Waals surface area contributed by atoms with Gasteiger partial charge in [-0.15, -0.1) is 0 Å². The van der Waals surface area contributed by atoms with E-state index in [1.807, 2.05) is 19.1 Å². The molecular formula is C26H32N4O3. The summed E-state index contributed by atoms with van der Waals surface area (Å²) in [6, 6.07) is 13.9. The number of nitrogens with two attached hydrogens (primary N) is 1.